The Bertz CT molecular complexity index is 236. The Balaban J connectivity index is 2.59. The van der Waals surface area contributed by atoms with E-state index < -0.39 is 6.10 Å². The van der Waals surface area contributed by atoms with E-state index in [1.165, 1.54) is 18.4 Å². The Morgan fingerprint density at radius 3 is 2.31 bits per heavy atom. The maximum atomic E-state index is 11.1. The molecule has 0 aromatic heterocycles. The van der Waals surface area contributed by atoms with E-state index in [1.54, 1.807) is 6.92 Å². The first-order valence-corrected chi connectivity index (χ1v) is 4.98. The first kappa shape index (κ1) is 10.3. The third-order valence-corrected chi connectivity index (χ3v) is 2.27. The molecule has 0 saturated carbocycles. The summed E-state index contributed by atoms with van der Waals surface area (Å²) < 4.78 is 0. The van der Waals surface area contributed by atoms with Crippen molar-refractivity contribution in [1.82, 2.24) is 0 Å². The van der Waals surface area contributed by atoms with Gasteiger partial charge < -0.3 is 0 Å². The van der Waals surface area contributed by atoms with E-state index >= 15 is 0 Å². The lowest BCUT2D eigenvalue weighted by Gasteiger charge is -2.04. The van der Waals surface area contributed by atoms with Crippen LogP contribution in [0.1, 0.15) is 43.9 Å². The third kappa shape index (κ3) is 3.19. The summed E-state index contributed by atoms with van der Waals surface area (Å²) >= 11 is 0. The van der Waals surface area contributed by atoms with Gasteiger partial charge in [-0.15, -0.1) is 0 Å². The van der Waals surface area contributed by atoms with Gasteiger partial charge in [-0.2, -0.15) is 0 Å². The lowest BCUT2D eigenvalue weighted by Crippen LogP contribution is -1.90. The van der Waals surface area contributed by atoms with Crippen LogP contribution >= 0.6 is 0 Å². The van der Waals surface area contributed by atoms with Gasteiger partial charge in [0.2, 0.25) is 0 Å². The molecular weight excluding hydrogens is 160 g/mol. The SMILES string of the molecule is CCCCc1ccc(C(C)[O])cc1. The van der Waals surface area contributed by atoms with E-state index in [-0.39, 0.29) is 0 Å². The zero-order chi connectivity index (χ0) is 9.68. The molecule has 0 aliphatic heterocycles. The molecule has 0 fully saturated rings. The van der Waals surface area contributed by atoms with Crippen molar-refractivity contribution in [2.75, 3.05) is 0 Å². The zero-order valence-corrected chi connectivity index (χ0v) is 8.42. The summed E-state index contributed by atoms with van der Waals surface area (Å²) in [6, 6.07) is 8.03. The van der Waals surface area contributed by atoms with E-state index in [0.29, 0.717) is 0 Å². The van der Waals surface area contributed by atoms with E-state index in [9.17, 15) is 5.11 Å². The van der Waals surface area contributed by atoms with Crippen molar-refractivity contribution in [1.29, 1.82) is 0 Å². The molecule has 0 heterocycles. The van der Waals surface area contributed by atoms with Crippen LogP contribution in [0.2, 0.25) is 0 Å². The monoisotopic (exact) mass is 177 g/mol. The Hall–Kier alpha value is -0.820. The highest BCUT2D eigenvalue weighted by Crippen LogP contribution is 2.14. The molecule has 0 N–H and O–H groups in total. The lowest BCUT2D eigenvalue weighted by molar-refractivity contribution is 0.106. The molecule has 71 valence electrons. The Kier molecular flexibility index (Phi) is 3.97. The number of hydrogen-bond donors (Lipinski definition) is 0. The molecule has 1 rings (SSSR count). The predicted octanol–water partition coefficient (Wildman–Crippen LogP) is 3.52. The van der Waals surface area contributed by atoms with Crippen LogP contribution in [0.4, 0.5) is 0 Å². The second-order valence-electron chi connectivity index (χ2n) is 3.49. The van der Waals surface area contributed by atoms with Gasteiger partial charge in [-0.3, -0.25) is 0 Å². The quantitative estimate of drug-likeness (QED) is 0.670. The Morgan fingerprint density at radius 2 is 1.85 bits per heavy atom. The molecule has 0 bridgehead atoms. The largest absolute Gasteiger partial charge is 0.228 e. The molecule has 0 saturated heterocycles. The van der Waals surface area contributed by atoms with E-state index in [4.69, 9.17) is 0 Å². The molecule has 1 atom stereocenters. The Labute approximate surface area is 80.4 Å². The van der Waals surface area contributed by atoms with Gasteiger partial charge in [0.1, 0.15) is 6.10 Å². The number of unbranched alkanes of at least 4 members (excludes halogenated alkanes) is 1. The average molecular weight is 177 g/mol. The standard InChI is InChI=1S/C12H17O/c1-3-4-5-11-6-8-12(9-7-11)10(2)13/h6-10H,3-5H2,1-2H3. The van der Waals surface area contributed by atoms with Gasteiger partial charge in [0, 0.05) is 0 Å². The number of hydrogen-bond acceptors (Lipinski definition) is 0. The molecule has 0 aliphatic rings. The van der Waals surface area contributed by atoms with Gasteiger partial charge in [-0.05, 0) is 30.9 Å². The normalized spacial score (nSPS) is 12.8. The van der Waals surface area contributed by atoms with Crippen LogP contribution < -0.4 is 0 Å². The fourth-order valence-electron chi connectivity index (χ4n) is 1.34. The maximum Gasteiger partial charge on any atom is 0.115 e. The van der Waals surface area contributed by atoms with Crippen molar-refractivity contribution in [3.8, 4) is 0 Å². The van der Waals surface area contributed by atoms with Crippen molar-refractivity contribution in [3.05, 3.63) is 35.4 Å². The molecule has 13 heavy (non-hydrogen) atoms. The van der Waals surface area contributed by atoms with Crippen LogP contribution in [-0.2, 0) is 11.5 Å². The minimum atomic E-state index is -0.597. The summed E-state index contributed by atoms with van der Waals surface area (Å²) in [4.78, 5) is 0. The summed E-state index contributed by atoms with van der Waals surface area (Å²) in [5.41, 5.74) is 2.23. The Morgan fingerprint density at radius 1 is 1.23 bits per heavy atom. The smallest absolute Gasteiger partial charge is 0.115 e. The van der Waals surface area contributed by atoms with Crippen LogP contribution in [0.15, 0.2) is 24.3 Å². The van der Waals surface area contributed by atoms with Gasteiger partial charge in [-0.25, -0.2) is 5.11 Å². The van der Waals surface area contributed by atoms with Gasteiger partial charge in [-0.1, -0.05) is 37.6 Å². The average Bonchev–Trinajstić information content (AvgIpc) is 2.15. The summed E-state index contributed by atoms with van der Waals surface area (Å²) in [7, 11) is 0. The first-order chi connectivity index (χ1) is 6.24. The molecule has 1 aromatic rings. The van der Waals surface area contributed by atoms with E-state index in [0.717, 1.165) is 12.0 Å². The van der Waals surface area contributed by atoms with Crippen molar-refractivity contribution in [2.45, 2.75) is 39.2 Å². The molecule has 1 unspecified atom stereocenters. The van der Waals surface area contributed by atoms with Crippen LogP contribution in [0.25, 0.3) is 0 Å². The highest BCUT2D eigenvalue weighted by Gasteiger charge is 2.01. The van der Waals surface area contributed by atoms with Gasteiger partial charge >= 0.3 is 0 Å². The van der Waals surface area contributed by atoms with Crippen LogP contribution in [0.5, 0.6) is 0 Å². The molecule has 0 spiro atoms. The first-order valence-electron chi connectivity index (χ1n) is 4.98. The fourth-order valence-corrected chi connectivity index (χ4v) is 1.34. The van der Waals surface area contributed by atoms with Gasteiger partial charge in [0.15, 0.2) is 0 Å². The second kappa shape index (κ2) is 5.03. The van der Waals surface area contributed by atoms with Crippen molar-refractivity contribution >= 4 is 0 Å². The molecule has 1 heteroatoms. The summed E-state index contributed by atoms with van der Waals surface area (Å²) in [6.45, 7) is 3.87. The van der Waals surface area contributed by atoms with Crippen molar-refractivity contribution in [3.63, 3.8) is 0 Å². The third-order valence-electron chi connectivity index (χ3n) is 2.27. The zero-order valence-electron chi connectivity index (χ0n) is 8.42. The molecule has 1 nitrogen and oxygen atoms in total. The highest BCUT2D eigenvalue weighted by atomic mass is 16.3. The minimum Gasteiger partial charge on any atom is -0.228 e. The minimum absolute atomic E-state index is 0.597. The summed E-state index contributed by atoms with van der Waals surface area (Å²) in [5.74, 6) is 0. The molecular formula is C12H17O. The predicted molar refractivity (Wildman–Crippen MR) is 54.2 cm³/mol. The number of rotatable bonds is 4. The van der Waals surface area contributed by atoms with Crippen LogP contribution in [0.3, 0.4) is 0 Å². The molecule has 1 aromatic carbocycles. The van der Waals surface area contributed by atoms with E-state index in [1.807, 2.05) is 12.1 Å². The van der Waals surface area contributed by atoms with E-state index in [2.05, 4.69) is 19.1 Å². The van der Waals surface area contributed by atoms with Crippen molar-refractivity contribution < 1.29 is 5.11 Å². The summed E-state index contributed by atoms with van der Waals surface area (Å²) in [6.07, 6.45) is 2.98. The van der Waals surface area contributed by atoms with Gasteiger partial charge in [0.05, 0.1) is 0 Å². The van der Waals surface area contributed by atoms with Crippen molar-refractivity contribution in [2.24, 2.45) is 0 Å². The van der Waals surface area contributed by atoms with Crippen LogP contribution in [-0.4, -0.2) is 0 Å². The fraction of sp³-hybridized carbons (Fsp3) is 0.500. The maximum absolute atomic E-state index is 11.1. The summed E-state index contributed by atoms with van der Waals surface area (Å²) in [5, 5.41) is 11.1. The van der Waals surface area contributed by atoms with Gasteiger partial charge in [0.25, 0.3) is 0 Å². The van der Waals surface area contributed by atoms with Crippen LogP contribution in [0, 0.1) is 0 Å². The second-order valence-corrected chi connectivity index (χ2v) is 3.49. The number of benzene rings is 1. The molecule has 1 radical (unpaired) electrons. The molecule has 0 amide bonds. The topological polar surface area (TPSA) is 19.9 Å². The lowest BCUT2D eigenvalue weighted by atomic mass is 10.0. The highest BCUT2D eigenvalue weighted by molar-refractivity contribution is 5.23. The molecule has 0 aliphatic carbocycles. The number of aryl methyl sites for hydroxylation is 1.